The molecule has 3 aromatic rings. The summed E-state index contributed by atoms with van der Waals surface area (Å²) >= 11 is 1.54. The highest BCUT2D eigenvalue weighted by molar-refractivity contribution is 7.09. The van der Waals surface area contributed by atoms with E-state index < -0.39 is 0 Å². The topological polar surface area (TPSA) is 88.6 Å². The first-order valence-electron chi connectivity index (χ1n) is 9.87. The largest absolute Gasteiger partial charge is 0.497 e. The van der Waals surface area contributed by atoms with E-state index in [0.717, 1.165) is 26.9 Å². The Bertz CT molecular complexity index is 1090. The Balaban J connectivity index is 1.23. The summed E-state index contributed by atoms with van der Waals surface area (Å²) in [5, 5.41) is 5.74. The number of benzene rings is 2. The Labute approximate surface area is 183 Å². The molecule has 4 rings (SSSR count). The molecule has 1 aliphatic heterocycles. The van der Waals surface area contributed by atoms with E-state index in [4.69, 9.17) is 4.74 Å². The number of nitrogens with zero attached hydrogens (tertiary/aromatic N) is 2. The van der Waals surface area contributed by atoms with Crippen LogP contribution in [0.5, 0.6) is 5.75 Å². The Hall–Kier alpha value is -3.52. The van der Waals surface area contributed by atoms with Crippen LogP contribution in [0, 0.1) is 0 Å². The van der Waals surface area contributed by atoms with Gasteiger partial charge in [-0.25, -0.2) is 4.98 Å². The van der Waals surface area contributed by atoms with E-state index in [1.54, 1.807) is 42.7 Å². The van der Waals surface area contributed by atoms with Gasteiger partial charge in [-0.1, -0.05) is 12.1 Å². The number of thiazole rings is 1. The third-order valence-electron chi connectivity index (χ3n) is 5.04. The average molecular weight is 436 g/mol. The summed E-state index contributed by atoms with van der Waals surface area (Å²) in [4.78, 5) is 42.6. The molecule has 158 valence electrons. The molecule has 0 atom stereocenters. The highest BCUT2D eigenvalue weighted by atomic mass is 32.1. The average Bonchev–Trinajstić information content (AvgIpc) is 3.36. The number of hydrogen-bond acceptors (Lipinski definition) is 6. The van der Waals surface area contributed by atoms with Crippen molar-refractivity contribution in [2.45, 2.75) is 12.8 Å². The number of nitrogens with one attached hydrogen (secondary N) is 1. The van der Waals surface area contributed by atoms with Crippen LogP contribution >= 0.6 is 11.3 Å². The third-order valence-corrected chi connectivity index (χ3v) is 5.95. The smallest absolute Gasteiger partial charge is 0.261 e. The predicted molar refractivity (Wildman–Crippen MR) is 117 cm³/mol. The van der Waals surface area contributed by atoms with E-state index in [1.807, 2.05) is 29.6 Å². The Morgan fingerprint density at radius 2 is 1.74 bits per heavy atom. The van der Waals surface area contributed by atoms with E-state index >= 15 is 0 Å². The number of carbonyl (C=O) groups is 3. The molecular weight excluding hydrogens is 414 g/mol. The molecule has 31 heavy (non-hydrogen) atoms. The Morgan fingerprint density at radius 1 is 1.06 bits per heavy atom. The molecule has 3 amide bonds. The molecule has 1 aliphatic rings. The zero-order valence-corrected chi connectivity index (χ0v) is 17.8. The summed E-state index contributed by atoms with van der Waals surface area (Å²) in [7, 11) is 1.63. The van der Waals surface area contributed by atoms with Crippen LogP contribution in [0.2, 0.25) is 0 Å². The van der Waals surface area contributed by atoms with E-state index in [9.17, 15) is 14.4 Å². The minimum atomic E-state index is -0.345. The van der Waals surface area contributed by atoms with Crippen molar-refractivity contribution in [3.63, 3.8) is 0 Å². The first-order chi connectivity index (χ1) is 15.1. The number of ether oxygens (including phenoxy) is 1. The van der Waals surface area contributed by atoms with Crippen LogP contribution in [0.25, 0.3) is 11.3 Å². The summed E-state index contributed by atoms with van der Waals surface area (Å²) in [6.07, 6.45) is 0.681. The van der Waals surface area contributed by atoms with Gasteiger partial charge in [0.15, 0.2) is 0 Å². The van der Waals surface area contributed by atoms with Gasteiger partial charge < -0.3 is 10.1 Å². The van der Waals surface area contributed by atoms with Gasteiger partial charge in [0.2, 0.25) is 5.91 Å². The van der Waals surface area contributed by atoms with Crippen molar-refractivity contribution in [3.05, 3.63) is 70.0 Å². The highest BCUT2D eigenvalue weighted by Gasteiger charge is 2.34. The molecule has 0 fully saturated rings. The van der Waals surface area contributed by atoms with Crippen molar-refractivity contribution in [3.8, 4) is 17.0 Å². The van der Waals surface area contributed by atoms with E-state index in [2.05, 4.69) is 10.3 Å². The molecule has 0 spiro atoms. The van der Waals surface area contributed by atoms with Gasteiger partial charge in [0, 0.05) is 36.9 Å². The summed E-state index contributed by atoms with van der Waals surface area (Å²) in [5.41, 5.74) is 2.68. The maximum atomic E-state index is 12.3. The van der Waals surface area contributed by atoms with Gasteiger partial charge in [-0.05, 0) is 36.4 Å². The second kappa shape index (κ2) is 9.09. The quantitative estimate of drug-likeness (QED) is 0.549. The monoisotopic (exact) mass is 435 g/mol. The van der Waals surface area contributed by atoms with Crippen molar-refractivity contribution in [1.82, 2.24) is 15.2 Å². The molecule has 7 nitrogen and oxygen atoms in total. The standard InChI is InChI=1S/C23H21N3O4S/c1-30-16-8-6-15(7-9-16)19-14-31-21(25-19)10-12-24-20(27)11-13-26-22(28)17-4-2-3-5-18(17)23(26)29/h2-9,14H,10-13H2,1H3,(H,24,27). The first-order valence-corrected chi connectivity index (χ1v) is 10.8. The molecular formula is C23H21N3O4S. The lowest BCUT2D eigenvalue weighted by Gasteiger charge is -2.13. The number of imide groups is 1. The van der Waals surface area contributed by atoms with Crippen molar-refractivity contribution < 1.29 is 19.1 Å². The maximum absolute atomic E-state index is 12.3. The van der Waals surface area contributed by atoms with Crippen LogP contribution < -0.4 is 10.1 Å². The minimum Gasteiger partial charge on any atom is -0.497 e. The fraction of sp³-hybridized carbons (Fsp3) is 0.217. The molecule has 0 unspecified atom stereocenters. The molecule has 0 bridgehead atoms. The second-order valence-corrected chi connectivity index (χ2v) is 7.96. The van der Waals surface area contributed by atoms with Gasteiger partial charge in [0.1, 0.15) is 5.75 Å². The molecule has 0 radical (unpaired) electrons. The van der Waals surface area contributed by atoms with Crippen LogP contribution in [0.1, 0.15) is 32.1 Å². The summed E-state index contributed by atoms with van der Waals surface area (Å²) < 4.78 is 5.17. The fourth-order valence-corrected chi connectivity index (χ4v) is 4.18. The SMILES string of the molecule is COc1ccc(-c2csc(CCNC(=O)CCN3C(=O)c4ccccc4C3=O)n2)cc1. The van der Waals surface area contributed by atoms with Crippen molar-refractivity contribution in [2.24, 2.45) is 0 Å². The molecule has 0 saturated heterocycles. The number of carbonyl (C=O) groups excluding carboxylic acids is 3. The second-order valence-electron chi connectivity index (χ2n) is 7.01. The summed E-state index contributed by atoms with van der Waals surface area (Å²) in [6, 6.07) is 14.4. The summed E-state index contributed by atoms with van der Waals surface area (Å²) in [5.74, 6) is -0.101. The van der Waals surface area contributed by atoms with Crippen LogP contribution in [-0.2, 0) is 11.2 Å². The van der Waals surface area contributed by atoms with E-state index in [1.165, 1.54) is 0 Å². The van der Waals surface area contributed by atoms with Crippen LogP contribution in [0.15, 0.2) is 53.9 Å². The first kappa shape index (κ1) is 20.7. The zero-order valence-electron chi connectivity index (χ0n) is 17.0. The van der Waals surface area contributed by atoms with E-state index in [-0.39, 0.29) is 30.7 Å². The van der Waals surface area contributed by atoms with Gasteiger partial charge in [0.05, 0.1) is 28.9 Å². The number of rotatable bonds is 8. The fourth-order valence-electron chi connectivity index (χ4n) is 3.37. The van der Waals surface area contributed by atoms with Gasteiger partial charge >= 0.3 is 0 Å². The number of hydrogen-bond donors (Lipinski definition) is 1. The van der Waals surface area contributed by atoms with Crippen molar-refractivity contribution >= 4 is 29.1 Å². The normalized spacial score (nSPS) is 12.7. The third kappa shape index (κ3) is 4.49. The van der Waals surface area contributed by atoms with Gasteiger partial charge in [0.25, 0.3) is 11.8 Å². The lowest BCUT2D eigenvalue weighted by atomic mass is 10.1. The lowest BCUT2D eigenvalue weighted by molar-refractivity contribution is -0.121. The lowest BCUT2D eigenvalue weighted by Crippen LogP contribution is -2.35. The van der Waals surface area contributed by atoms with Crippen molar-refractivity contribution in [1.29, 1.82) is 0 Å². The van der Waals surface area contributed by atoms with Gasteiger partial charge in [-0.15, -0.1) is 11.3 Å². The molecule has 2 heterocycles. The molecule has 1 N–H and O–H groups in total. The highest BCUT2D eigenvalue weighted by Crippen LogP contribution is 2.24. The molecule has 1 aromatic heterocycles. The predicted octanol–water partition coefficient (Wildman–Crippen LogP) is 3.16. The number of methoxy groups -OCH3 is 1. The number of amides is 3. The van der Waals surface area contributed by atoms with Crippen LogP contribution in [0.3, 0.4) is 0 Å². The number of fused-ring (bicyclic) bond motifs is 1. The summed E-state index contributed by atoms with van der Waals surface area (Å²) in [6.45, 7) is 0.508. The molecule has 0 saturated carbocycles. The molecule has 0 aliphatic carbocycles. The zero-order chi connectivity index (χ0) is 21.8. The van der Waals surface area contributed by atoms with E-state index in [0.29, 0.717) is 24.1 Å². The van der Waals surface area contributed by atoms with Crippen LogP contribution in [0.4, 0.5) is 0 Å². The maximum Gasteiger partial charge on any atom is 0.261 e. The molecule has 2 aromatic carbocycles. The van der Waals surface area contributed by atoms with Crippen molar-refractivity contribution in [2.75, 3.05) is 20.2 Å². The Kier molecular flexibility index (Phi) is 6.08. The molecule has 8 heteroatoms. The number of aromatic nitrogens is 1. The minimum absolute atomic E-state index is 0.0665. The Morgan fingerprint density at radius 3 is 2.39 bits per heavy atom. The van der Waals surface area contributed by atoms with Crippen LogP contribution in [-0.4, -0.2) is 47.8 Å². The van der Waals surface area contributed by atoms with Gasteiger partial charge in [-0.2, -0.15) is 0 Å². The van der Waals surface area contributed by atoms with Gasteiger partial charge in [-0.3, -0.25) is 19.3 Å².